The summed E-state index contributed by atoms with van der Waals surface area (Å²) in [5.74, 6) is 7.51. The highest BCUT2D eigenvalue weighted by atomic mass is 16.1. The lowest BCUT2D eigenvalue weighted by Crippen LogP contribution is -2.44. The van der Waals surface area contributed by atoms with Crippen LogP contribution in [0.5, 0.6) is 0 Å². The Morgan fingerprint density at radius 1 is 1.22 bits per heavy atom. The number of benzene rings is 1. The van der Waals surface area contributed by atoms with E-state index in [0.29, 0.717) is 24.1 Å². The summed E-state index contributed by atoms with van der Waals surface area (Å²) in [6, 6.07) is 8.01. The summed E-state index contributed by atoms with van der Waals surface area (Å²) in [7, 11) is 1.95. The first-order valence-corrected chi connectivity index (χ1v) is 10.8. The molecule has 1 aromatic carbocycles. The zero-order valence-electron chi connectivity index (χ0n) is 18.3. The molecule has 0 saturated carbocycles. The molecular formula is C23H26N8O. The fourth-order valence-corrected chi connectivity index (χ4v) is 4.40. The number of nitrogens with zero attached hydrogens (tertiary/aromatic N) is 7. The Morgan fingerprint density at radius 2 is 2.06 bits per heavy atom. The topological polar surface area (TPSA) is 99.8 Å². The van der Waals surface area contributed by atoms with Crippen LogP contribution in [0.15, 0.2) is 35.3 Å². The predicted octanol–water partition coefficient (Wildman–Crippen LogP) is 1.48. The van der Waals surface area contributed by atoms with E-state index in [1.54, 1.807) is 13.1 Å². The number of piperidine rings is 1. The first-order chi connectivity index (χ1) is 15.6. The van der Waals surface area contributed by atoms with Crippen LogP contribution in [0.25, 0.3) is 22.1 Å². The summed E-state index contributed by atoms with van der Waals surface area (Å²) < 4.78 is 5.35. The van der Waals surface area contributed by atoms with Gasteiger partial charge in [-0.05, 0) is 31.9 Å². The minimum absolute atomic E-state index is 0.0987. The smallest absolute Gasteiger partial charge is 0.293 e. The molecule has 32 heavy (non-hydrogen) atoms. The molecule has 0 spiro atoms. The van der Waals surface area contributed by atoms with E-state index in [1.165, 1.54) is 4.68 Å². The first kappa shape index (κ1) is 20.3. The van der Waals surface area contributed by atoms with Crippen LogP contribution in [0.1, 0.15) is 25.6 Å². The van der Waals surface area contributed by atoms with Crippen LogP contribution in [0.3, 0.4) is 0 Å². The largest absolute Gasteiger partial charge is 0.341 e. The second-order valence-corrected chi connectivity index (χ2v) is 8.19. The van der Waals surface area contributed by atoms with Gasteiger partial charge in [-0.2, -0.15) is 5.10 Å². The van der Waals surface area contributed by atoms with Crippen LogP contribution < -0.4 is 16.2 Å². The second kappa shape index (κ2) is 8.13. The first-order valence-electron chi connectivity index (χ1n) is 10.8. The van der Waals surface area contributed by atoms with Crippen LogP contribution in [0, 0.1) is 11.8 Å². The van der Waals surface area contributed by atoms with Gasteiger partial charge in [0.2, 0.25) is 5.95 Å². The number of aryl methyl sites for hydroxylation is 1. The van der Waals surface area contributed by atoms with Gasteiger partial charge in [-0.15, -0.1) is 5.92 Å². The lowest BCUT2D eigenvalue weighted by atomic mass is 10.1. The quantitative estimate of drug-likeness (QED) is 0.492. The van der Waals surface area contributed by atoms with Gasteiger partial charge in [-0.3, -0.25) is 9.36 Å². The lowest BCUT2D eigenvalue weighted by Gasteiger charge is -2.31. The Balaban J connectivity index is 1.60. The average molecular weight is 431 g/mol. The van der Waals surface area contributed by atoms with E-state index in [-0.39, 0.29) is 18.1 Å². The maximum atomic E-state index is 13.5. The van der Waals surface area contributed by atoms with E-state index in [9.17, 15) is 4.79 Å². The number of fused-ring (bicyclic) bond motifs is 2. The maximum Gasteiger partial charge on any atom is 0.293 e. The van der Waals surface area contributed by atoms with Gasteiger partial charge in [-0.25, -0.2) is 14.6 Å². The third kappa shape index (κ3) is 3.42. The molecule has 1 aliphatic heterocycles. The molecule has 164 valence electrons. The number of hydrogen-bond donors (Lipinski definition) is 1. The Kier molecular flexibility index (Phi) is 5.15. The van der Waals surface area contributed by atoms with Crippen molar-refractivity contribution in [3.8, 4) is 11.8 Å². The van der Waals surface area contributed by atoms with E-state index < -0.39 is 0 Å². The molecule has 4 aromatic rings. The van der Waals surface area contributed by atoms with E-state index in [1.807, 2.05) is 40.4 Å². The minimum Gasteiger partial charge on any atom is -0.341 e. The van der Waals surface area contributed by atoms with Crippen molar-refractivity contribution < 1.29 is 0 Å². The molecule has 5 rings (SSSR count). The zero-order valence-corrected chi connectivity index (χ0v) is 18.3. The molecule has 1 aliphatic rings. The predicted molar refractivity (Wildman–Crippen MR) is 124 cm³/mol. The van der Waals surface area contributed by atoms with Crippen molar-refractivity contribution >= 4 is 28.0 Å². The number of imidazole rings is 2. The van der Waals surface area contributed by atoms with Crippen LogP contribution >= 0.6 is 0 Å². The molecule has 0 radical (unpaired) electrons. The molecule has 0 amide bonds. The summed E-state index contributed by atoms with van der Waals surface area (Å²) in [6.07, 6.45) is 3.65. The standard InChI is InChI=1S/C23H26N8O/c1-3-4-12-30-21-18(27-23(30)29-11-7-8-16(24)14-29)13-25-31(22(21)32)15-20-26-17-9-5-6-10-19(17)28(20)2/h5-6,9-10,13,16H,7-8,11-12,14-15,24H2,1-2H3. The van der Waals surface area contributed by atoms with Crippen LogP contribution in [-0.4, -0.2) is 48.0 Å². The molecule has 1 atom stereocenters. The summed E-state index contributed by atoms with van der Waals surface area (Å²) in [5, 5.41) is 4.40. The summed E-state index contributed by atoms with van der Waals surface area (Å²) in [5.41, 5.74) is 8.99. The van der Waals surface area contributed by atoms with Gasteiger partial charge in [0.05, 0.1) is 23.8 Å². The summed E-state index contributed by atoms with van der Waals surface area (Å²) in [4.78, 5) is 25.1. The van der Waals surface area contributed by atoms with Crippen molar-refractivity contribution in [3.63, 3.8) is 0 Å². The number of para-hydroxylation sites is 2. The number of nitrogens with two attached hydrogens (primary N) is 1. The maximum absolute atomic E-state index is 13.5. The number of aromatic nitrogens is 6. The van der Waals surface area contributed by atoms with E-state index >= 15 is 0 Å². The van der Waals surface area contributed by atoms with Gasteiger partial charge >= 0.3 is 0 Å². The molecule has 4 heterocycles. The van der Waals surface area contributed by atoms with Gasteiger partial charge in [0, 0.05) is 26.2 Å². The highest BCUT2D eigenvalue weighted by molar-refractivity contribution is 5.77. The molecular weight excluding hydrogens is 404 g/mol. The molecule has 1 saturated heterocycles. The Hall–Kier alpha value is -3.64. The van der Waals surface area contributed by atoms with Crippen molar-refractivity contribution in [2.24, 2.45) is 12.8 Å². The number of hydrogen-bond acceptors (Lipinski definition) is 6. The van der Waals surface area contributed by atoms with Gasteiger partial charge in [-0.1, -0.05) is 18.1 Å². The van der Waals surface area contributed by atoms with Gasteiger partial charge < -0.3 is 15.2 Å². The number of rotatable bonds is 4. The second-order valence-electron chi connectivity index (χ2n) is 8.19. The van der Waals surface area contributed by atoms with Crippen LogP contribution in [0.2, 0.25) is 0 Å². The molecule has 3 aromatic heterocycles. The van der Waals surface area contributed by atoms with E-state index in [4.69, 9.17) is 10.7 Å². The molecule has 9 heteroatoms. The van der Waals surface area contributed by atoms with Gasteiger partial charge in [0.15, 0.2) is 0 Å². The van der Waals surface area contributed by atoms with Crippen molar-refractivity contribution in [2.75, 3.05) is 18.0 Å². The highest BCUT2D eigenvalue weighted by Gasteiger charge is 2.24. The van der Waals surface area contributed by atoms with Gasteiger partial charge in [0.25, 0.3) is 5.56 Å². The molecule has 1 unspecified atom stereocenters. The molecule has 0 bridgehead atoms. The lowest BCUT2D eigenvalue weighted by molar-refractivity contribution is 0.496. The van der Waals surface area contributed by atoms with Crippen LogP contribution in [0.4, 0.5) is 5.95 Å². The van der Waals surface area contributed by atoms with E-state index in [2.05, 4.69) is 26.8 Å². The summed E-state index contributed by atoms with van der Waals surface area (Å²) >= 11 is 0. The Bertz CT molecular complexity index is 1420. The highest BCUT2D eigenvalue weighted by Crippen LogP contribution is 2.23. The fourth-order valence-electron chi connectivity index (χ4n) is 4.40. The third-order valence-electron chi connectivity index (χ3n) is 6.06. The Labute approximate surface area is 185 Å². The van der Waals surface area contributed by atoms with Crippen molar-refractivity contribution in [1.82, 2.24) is 28.9 Å². The average Bonchev–Trinajstić information content (AvgIpc) is 3.32. The Morgan fingerprint density at radius 3 is 2.84 bits per heavy atom. The van der Waals surface area contributed by atoms with E-state index in [0.717, 1.165) is 42.2 Å². The minimum atomic E-state index is -0.201. The van der Waals surface area contributed by atoms with Gasteiger partial charge in [0.1, 0.15) is 23.4 Å². The molecule has 0 aliphatic carbocycles. The van der Waals surface area contributed by atoms with Crippen molar-refractivity contribution in [1.29, 1.82) is 0 Å². The summed E-state index contributed by atoms with van der Waals surface area (Å²) in [6.45, 7) is 4.03. The normalized spacial score (nSPS) is 16.5. The van der Waals surface area contributed by atoms with Crippen LogP contribution in [-0.2, 0) is 20.1 Å². The van der Waals surface area contributed by atoms with Crippen molar-refractivity contribution in [2.45, 2.75) is 38.9 Å². The zero-order chi connectivity index (χ0) is 22.2. The van der Waals surface area contributed by atoms with Crippen molar-refractivity contribution in [3.05, 3.63) is 46.6 Å². The molecule has 2 N–H and O–H groups in total. The molecule has 1 fully saturated rings. The fraction of sp³-hybridized carbons (Fsp3) is 0.391. The molecule has 9 nitrogen and oxygen atoms in total. The monoisotopic (exact) mass is 430 g/mol. The SMILES string of the molecule is CC#CCn1c(N2CCCC(N)C2)nc2cnn(Cc3nc4ccccc4n3C)c(=O)c21. The third-order valence-corrected chi connectivity index (χ3v) is 6.06. The number of anilines is 1.